The van der Waals surface area contributed by atoms with Crippen molar-refractivity contribution < 1.29 is 9.53 Å². The molecule has 4 rings (SSSR count). The normalized spacial score (nSPS) is 16.4. The maximum atomic E-state index is 12.9. The van der Waals surface area contributed by atoms with Crippen LogP contribution in [0.5, 0.6) is 5.75 Å². The third kappa shape index (κ3) is 4.17. The largest absolute Gasteiger partial charge is 0.492 e. The number of ether oxygens (including phenoxy) is 1. The summed E-state index contributed by atoms with van der Waals surface area (Å²) in [5.74, 6) is 0.349. The first-order valence-electron chi connectivity index (χ1n) is 9.30. The van der Waals surface area contributed by atoms with Gasteiger partial charge in [-0.15, -0.1) is 11.3 Å². The number of para-hydroxylation sites is 1. The molecule has 1 aromatic heterocycles. The zero-order valence-corrected chi connectivity index (χ0v) is 18.7. The Morgan fingerprint density at radius 1 is 1.20 bits per heavy atom. The predicted octanol–water partition coefficient (Wildman–Crippen LogP) is 5.85. The van der Waals surface area contributed by atoms with Crippen LogP contribution in [0.3, 0.4) is 0 Å². The molecule has 0 aliphatic carbocycles. The lowest BCUT2D eigenvalue weighted by Gasteiger charge is -2.08. The van der Waals surface area contributed by atoms with E-state index in [9.17, 15) is 4.79 Å². The molecule has 2 heterocycles. The Morgan fingerprint density at radius 3 is 2.73 bits per heavy atom. The Morgan fingerprint density at radius 2 is 1.97 bits per heavy atom. The zero-order valence-electron chi connectivity index (χ0n) is 16.3. The Bertz CT molecular complexity index is 1130. The SMILES string of the molecule is CCOc1ccccc1N=N[C@@H]1C(=O)N(c2nc(-c3ccc(Br)cc3)cs2)N=C1C. The minimum atomic E-state index is -0.778. The van der Waals surface area contributed by atoms with E-state index in [1.165, 1.54) is 16.3 Å². The second-order valence-corrected chi connectivity index (χ2v) is 8.18. The number of nitrogens with zero attached hydrogens (tertiary/aromatic N) is 5. The molecule has 0 spiro atoms. The second kappa shape index (κ2) is 8.85. The van der Waals surface area contributed by atoms with E-state index in [2.05, 4.69) is 36.2 Å². The predicted molar refractivity (Wildman–Crippen MR) is 122 cm³/mol. The molecule has 0 bridgehead atoms. The van der Waals surface area contributed by atoms with Gasteiger partial charge >= 0.3 is 0 Å². The monoisotopic (exact) mass is 483 g/mol. The van der Waals surface area contributed by atoms with Gasteiger partial charge in [0.25, 0.3) is 5.91 Å². The molecule has 1 atom stereocenters. The molecular formula is C21H18BrN5O2S. The molecular weight excluding hydrogens is 466 g/mol. The van der Waals surface area contributed by atoms with Crippen LogP contribution in [0.4, 0.5) is 10.8 Å². The van der Waals surface area contributed by atoms with Gasteiger partial charge in [-0.2, -0.15) is 20.3 Å². The number of thiazole rings is 1. The number of azo groups is 1. The summed E-state index contributed by atoms with van der Waals surface area (Å²) in [6.07, 6.45) is 0. The summed E-state index contributed by atoms with van der Waals surface area (Å²) in [4.78, 5) is 17.5. The van der Waals surface area contributed by atoms with Crippen molar-refractivity contribution >= 4 is 49.7 Å². The number of amides is 1. The number of carbonyl (C=O) groups excluding carboxylic acids is 1. The third-order valence-electron chi connectivity index (χ3n) is 4.36. The number of aromatic nitrogens is 1. The van der Waals surface area contributed by atoms with Crippen LogP contribution >= 0.6 is 27.3 Å². The van der Waals surface area contributed by atoms with E-state index in [1.54, 1.807) is 13.0 Å². The van der Waals surface area contributed by atoms with Crippen LogP contribution in [0.2, 0.25) is 0 Å². The van der Waals surface area contributed by atoms with Crippen molar-refractivity contribution in [3.63, 3.8) is 0 Å². The van der Waals surface area contributed by atoms with Crippen LogP contribution in [0.1, 0.15) is 13.8 Å². The fourth-order valence-corrected chi connectivity index (χ4v) is 3.93. The van der Waals surface area contributed by atoms with Crippen LogP contribution in [-0.4, -0.2) is 29.3 Å². The maximum Gasteiger partial charge on any atom is 0.282 e. The van der Waals surface area contributed by atoms with Crippen LogP contribution in [-0.2, 0) is 4.79 Å². The first-order valence-corrected chi connectivity index (χ1v) is 11.0. The Labute approximate surface area is 186 Å². The van der Waals surface area contributed by atoms with Gasteiger partial charge in [-0.25, -0.2) is 4.98 Å². The van der Waals surface area contributed by atoms with Gasteiger partial charge in [0, 0.05) is 15.4 Å². The molecule has 0 radical (unpaired) electrons. The van der Waals surface area contributed by atoms with Gasteiger partial charge in [0.05, 0.1) is 18.0 Å². The molecule has 0 N–H and O–H groups in total. The van der Waals surface area contributed by atoms with E-state index in [-0.39, 0.29) is 5.91 Å². The van der Waals surface area contributed by atoms with Crippen molar-refractivity contribution in [1.29, 1.82) is 0 Å². The van der Waals surface area contributed by atoms with Gasteiger partial charge in [-0.3, -0.25) is 4.79 Å². The third-order valence-corrected chi connectivity index (χ3v) is 5.70. The summed E-state index contributed by atoms with van der Waals surface area (Å²) >= 11 is 4.79. The molecule has 9 heteroatoms. The number of benzene rings is 2. The first kappa shape index (κ1) is 20.4. The summed E-state index contributed by atoms with van der Waals surface area (Å²) in [5, 5.41) is 16.6. The lowest BCUT2D eigenvalue weighted by Crippen LogP contribution is -2.29. The molecule has 3 aromatic rings. The van der Waals surface area contributed by atoms with Crippen molar-refractivity contribution in [2.24, 2.45) is 15.3 Å². The number of hydrogen-bond acceptors (Lipinski definition) is 7. The van der Waals surface area contributed by atoms with Crippen molar-refractivity contribution in [3.05, 3.63) is 58.4 Å². The summed E-state index contributed by atoms with van der Waals surface area (Å²) in [5.41, 5.74) is 2.90. The molecule has 0 unspecified atom stereocenters. The summed E-state index contributed by atoms with van der Waals surface area (Å²) < 4.78 is 6.55. The average molecular weight is 484 g/mol. The molecule has 0 fully saturated rings. The van der Waals surface area contributed by atoms with Crippen LogP contribution in [0, 0.1) is 0 Å². The van der Waals surface area contributed by atoms with Gasteiger partial charge in [-0.1, -0.05) is 40.2 Å². The van der Waals surface area contributed by atoms with E-state index in [1.807, 2.05) is 54.8 Å². The van der Waals surface area contributed by atoms with Crippen molar-refractivity contribution in [2.45, 2.75) is 19.9 Å². The molecule has 0 saturated heterocycles. The second-order valence-electron chi connectivity index (χ2n) is 6.43. The molecule has 7 nitrogen and oxygen atoms in total. The lowest BCUT2D eigenvalue weighted by atomic mass is 10.2. The number of carbonyl (C=O) groups is 1. The molecule has 0 saturated carbocycles. The van der Waals surface area contributed by atoms with Gasteiger partial charge < -0.3 is 4.74 Å². The number of hydrazone groups is 1. The highest BCUT2D eigenvalue weighted by molar-refractivity contribution is 9.10. The fourth-order valence-electron chi connectivity index (χ4n) is 2.88. The maximum absolute atomic E-state index is 12.9. The first-order chi connectivity index (χ1) is 14.6. The van der Waals surface area contributed by atoms with Crippen molar-refractivity contribution in [2.75, 3.05) is 11.6 Å². The van der Waals surface area contributed by atoms with Crippen LogP contribution < -0.4 is 9.75 Å². The summed E-state index contributed by atoms with van der Waals surface area (Å²) in [6, 6.07) is 14.4. The highest BCUT2D eigenvalue weighted by atomic mass is 79.9. The zero-order chi connectivity index (χ0) is 21.1. The van der Waals surface area contributed by atoms with Gasteiger partial charge in [0.1, 0.15) is 11.4 Å². The highest BCUT2D eigenvalue weighted by Gasteiger charge is 2.36. The van der Waals surface area contributed by atoms with E-state index >= 15 is 0 Å². The van der Waals surface area contributed by atoms with E-state index in [0.717, 1.165) is 15.7 Å². The Kier molecular flexibility index (Phi) is 6.01. The summed E-state index contributed by atoms with van der Waals surface area (Å²) in [6.45, 7) is 4.19. The van der Waals surface area contributed by atoms with Gasteiger partial charge in [0.15, 0.2) is 6.04 Å². The standard InChI is InChI=1S/C21H18BrN5O2S/c1-3-29-18-7-5-4-6-16(18)24-25-19-13(2)26-27(20(19)28)21-23-17(12-30-21)14-8-10-15(22)11-9-14/h4-12,19H,3H2,1-2H3/t19-/m0/s1. The van der Waals surface area contributed by atoms with Gasteiger partial charge in [-0.05, 0) is 38.1 Å². The molecule has 1 amide bonds. The molecule has 2 aromatic carbocycles. The number of rotatable bonds is 6. The van der Waals surface area contributed by atoms with Crippen molar-refractivity contribution in [3.8, 4) is 17.0 Å². The number of anilines is 1. The quantitative estimate of drug-likeness (QED) is 0.412. The van der Waals surface area contributed by atoms with Crippen LogP contribution in [0.25, 0.3) is 11.3 Å². The molecule has 152 valence electrons. The molecule has 30 heavy (non-hydrogen) atoms. The van der Waals surface area contributed by atoms with E-state index in [4.69, 9.17) is 4.74 Å². The molecule has 1 aliphatic rings. The lowest BCUT2D eigenvalue weighted by molar-refractivity contribution is -0.117. The molecule has 1 aliphatic heterocycles. The van der Waals surface area contributed by atoms with E-state index < -0.39 is 6.04 Å². The number of halogens is 1. The smallest absolute Gasteiger partial charge is 0.282 e. The summed E-state index contributed by atoms with van der Waals surface area (Å²) in [7, 11) is 0. The fraction of sp³-hybridized carbons (Fsp3) is 0.190. The van der Waals surface area contributed by atoms with E-state index in [0.29, 0.717) is 28.9 Å². The highest BCUT2D eigenvalue weighted by Crippen LogP contribution is 2.32. The van der Waals surface area contributed by atoms with Crippen molar-refractivity contribution in [1.82, 2.24) is 4.98 Å². The number of hydrogen-bond donors (Lipinski definition) is 0. The Balaban J connectivity index is 1.54. The Hall–Kier alpha value is -2.91. The topological polar surface area (TPSA) is 79.5 Å². The minimum Gasteiger partial charge on any atom is -0.492 e. The minimum absolute atomic E-state index is 0.276. The van der Waals surface area contributed by atoms with Gasteiger partial charge in [0.2, 0.25) is 5.13 Å². The van der Waals surface area contributed by atoms with Crippen LogP contribution in [0.15, 0.2) is 73.7 Å². The average Bonchev–Trinajstić information content (AvgIpc) is 3.33.